The Kier molecular flexibility index (Phi) is 6.12. The summed E-state index contributed by atoms with van der Waals surface area (Å²) in [6.45, 7) is 2.58. The van der Waals surface area contributed by atoms with Gasteiger partial charge >= 0.3 is 0 Å². The molecule has 4 nitrogen and oxygen atoms in total. The maximum Gasteiger partial charge on any atom is 0.295 e. The van der Waals surface area contributed by atoms with Crippen LogP contribution < -0.4 is 5.43 Å². The first-order valence-corrected chi connectivity index (χ1v) is 5.06. The Balaban J connectivity index is 3.59. The van der Waals surface area contributed by atoms with E-state index in [2.05, 4.69) is 17.5 Å². The summed E-state index contributed by atoms with van der Waals surface area (Å²) in [5.41, 5.74) is 2.51. The molecule has 1 amide bonds. The Morgan fingerprint density at radius 3 is 2.57 bits per heavy atom. The van der Waals surface area contributed by atoms with E-state index >= 15 is 0 Å². The zero-order valence-corrected chi connectivity index (χ0v) is 9.71. The topological polar surface area (TPSA) is 41.5 Å². The first kappa shape index (κ1) is 13.1. The standard InChI is InChI=1S/C10H21N3O/c1-5-6-7-8-11-12-10(14)9-13(2,3)4/h8H,5-7,9H2,1-4H3/p+1/b11-8-. The minimum atomic E-state index is -0.0368. The molecule has 0 rings (SSSR count). The number of amides is 1. The highest BCUT2D eigenvalue weighted by Crippen LogP contribution is 1.90. The van der Waals surface area contributed by atoms with E-state index < -0.39 is 0 Å². The van der Waals surface area contributed by atoms with Crippen LogP contribution in [0.1, 0.15) is 26.2 Å². The van der Waals surface area contributed by atoms with Crippen LogP contribution in [0, 0.1) is 0 Å². The maximum absolute atomic E-state index is 11.3. The minimum absolute atomic E-state index is 0.0368. The Bertz CT molecular complexity index is 194. The Morgan fingerprint density at radius 1 is 1.43 bits per heavy atom. The van der Waals surface area contributed by atoms with E-state index in [0.29, 0.717) is 11.0 Å². The van der Waals surface area contributed by atoms with Crippen molar-refractivity contribution in [2.45, 2.75) is 26.2 Å². The molecular formula is C10H22N3O+. The number of hydrazone groups is 1. The zero-order chi connectivity index (χ0) is 11.0. The molecule has 4 heteroatoms. The van der Waals surface area contributed by atoms with Crippen LogP contribution in [0.3, 0.4) is 0 Å². The van der Waals surface area contributed by atoms with Gasteiger partial charge in [-0.25, -0.2) is 5.43 Å². The van der Waals surface area contributed by atoms with Crippen LogP contribution in [-0.4, -0.2) is 44.3 Å². The minimum Gasteiger partial charge on any atom is -0.323 e. The highest BCUT2D eigenvalue weighted by molar-refractivity contribution is 5.77. The summed E-state index contributed by atoms with van der Waals surface area (Å²) < 4.78 is 0.621. The second-order valence-corrected chi connectivity index (χ2v) is 4.44. The lowest BCUT2D eigenvalue weighted by molar-refractivity contribution is -0.862. The van der Waals surface area contributed by atoms with Crippen molar-refractivity contribution in [3.63, 3.8) is 0 Å². The summed E-state index contributed by atoms with van der Waals surface area (Å²) in [5, 5.41) is 3.86. The molecule has 1 N–H and O–H groups in total. The van der Waals surface area contributed by atoms with Gasteiger partial charge in [0.1, 0.15) is 0 Å². The maximum atomic E-state index is 11.3. The fourth-order valence-corrected chi connectivity index (χ4v) is 0.944. The van der Waals surface area contributed by atoms with E-state index in [0.717, 1.165) is 19.3 Å². The third-order valence-electron chi connectivity index (χ3n) is 1.59. The van der Waals surface area contributed by atoms with Gasteiger partial charge in [0.2, 0.25) is 0 Å². The van der Waals surface area contributed by atoms with Gasteiger partial charge in [0.15, 0.2) is 6.54 Å². The summed E-state index contributed by atoms with van der Waals surface area (Å²) in [5.74, 6) is -0.0368. The van der Waals surface area contributed by atoms with Crippen LogP contribution in [0.15, 0.2) is 5.10 Å². The number of hydrogen-bond acceptors (Lipinski definition) is 2. The number of hydrogen-bond donors (Lipinski definition) is 1. The molecule has 0 aliphatic carbocycles. The Morgan fingerprint density at radius 2 is 2.07 bits per heavy atom. The van der Waals surface area contributed by atoms with Crippen molar-refractivity contribution < 1.29 is 9.28 Å². The molecule has 0 aromatic rings. The van der Waals surface area contributed by atoms with Crippen molar-refractivity contribution in [2.24, 2.45) is 5.10 Å². The molecule has 0 atom stereocenters. The van der Waals surface area contributed by atoms with Gasteiger partial charge in [0, 0.05) is 6.21 Å². The van der Waals surface area contributed by atoms with Crippen molar-refractivity contribution in [2.75, 3.05) is 27.7 Å². The normalized spacial score (nSPS) is 12.0. The van der Waals surface area contributed by atoms with E-state index in [-0.39, 0.29) is 5.91 Å². The van der Waals surface area contributed by atoms with E-state index in [4.69, 9.17) is 0 Å². The van der Waals surface area contributed by atoms with Crippen molar-refractivity contribution in [3.8, 4) is 0 Å². The van der Waals surface area contributed by atoms with E-state index in [1.165, 1.54) is 0 Å². The predicted molar refractivity (Wildman–Crippen MR) is 59.1 cm³/mol. The lowest BCUT2D eigenvalue weighted by Crippen LogP contribution is -2.43. The first-order chi connectivity index (χ1) is 6.45. The summed E-state index contributed by atoms with van der Waals surface area (Å²) in [6.07, 6.45) is 4.96. The average Bonchev–Trinajstić information content (AvgIpc) is 2.00. The first-order valence-electron chi connectivity index (χ1n) is 5.06. The molecule has 0 aromatic heterocycles. The van der Waals surface area contributed by atoms with Crippen LogP contribution >= 0.6 is 0 Å². The highest BCUT2D eigenvalue weighted by Gasteiger charge is 2.12. The number of quaternary nitrogens is 1. The number of likely N-dealkylation sites (N-methyl/N-ethyl adjacent to an activating group) is 1. The molecule has 0 saturated carbocycles. The number of nitrogens with one attached hydrogen (secondary N) is 1. The number of unbranched alkanes of at least 4 members (excludes halogenated alkanes) is 2. The van der Waals surface area contributed by atoms with Crippen molar-refractivity contribution >= 4 is 12.1 Å². The number of carbonyl (C=O) groups excluding carboxylic acids is 1. The van der Waals surface area contributed by atoms with Crippen LogP contribution in [0.2, 0.25) is 0 Å². The van der Waals surface area contributed by atoms with E-state index in [1.807, 2.05) is 21.1 Å². The van der Waals surface area contributed by atoms with Gasteiger partial charge < -0.3 is 4.48 Å². The van der Waals surface area contributed by atoms with Gasteiger partial charge in [-0.05, 0) is 12.8 Å². The average molecular weight is 200 g/mol. The van der Waals surface area contributed by atoms with Gasteiger partial charge in [-0.3, -0.25) is 4.79 Å². The monoisotopic (exact) mass is 200 g/mol. The molecule has 0 aliphatic heterocycles. The summed E-state index contributed by atoms with van der Waals surface area (Å²) in [7, 11) is 5.92. The van der Waals surface area contributed by atoms with Crippen molar-refractivity contribution in [3.05, 3.63) is 0 Å². The molecular weight excluding hydrogens is 178 g/mol. The van der Waals surface area contributed by atoms with Crippen molar-refractivity contribution in [1.29, 1.82) is 0 Å². The van der Waals surface area contributed by atoms with Gasteiger partial charge in [0.05, 0.1) is 21.1 Å². The summed E-state index contributed by atoms with van der Waals surface area (Å²) >= 11 is 0. The van der Waals surface area contributed by atoms with Gasteiger partial charge in [-0.2, -0.15) is 5.10 Å². The molecule has 0 unspecified atom stereocenters. The van der Waals surface area contributed by atoms with Crippen molar-refractivity contribution in [1.82, 2.24) is 5.43 Å². The van der Waals surface area contributed by atoms with Crippen LogP contribution in [0.25, 0.3) is 0 Å². The number of carbonyl (C=O) groups is 1. The second kappa shape index (κ2) is 6.54. The molecule has 0 spiro atoms. The van der Waals surface area contributed by atoms with E-state index in [9.17, 15) is 4.79 Å². The number of nitrogens with zero attached hydrogens (tertiary/aromatic N) is 2. The third kappa shape index (κ3) is 9.19. The molecule has 0 radical (unpaired) electrons. The molecule has 0 aliphatic rings. The van der Waals surface area contributed by atoms with Gasteiger partial charge in [-0.1, -0.05) is 13.3 Å². The summed E-state index contributed by atoms with van der Waals surface area (Å²) in [6, 6.07) is 0. The second-order valence-electron chi connectivity index (χ2n) is 4.44. The van der Waals surface area contributed by atoms with Gasteiger partial charge in [-0.15, -0.1) is 0 Å². The summed E-state index contributed by atoms with van der Waals surface area (Å²) in [4.78, 5) is 11.3. The lowest BCUT2D eigenvalue weighted by atomic mass is 10.3. The van der Waals surface area contributed by atoms with Crippen LogP contribution in [0.5, 0.6) is 0 Å². The molecule has 0 bridgehead atoms. The Hall–Kier alpha value is -0.900. The van der Waals surface area contributed by atoms with E-state index in [1.54, 1.807) is 6.21 Å². The fourth-order valence-electron chi connectivity index (χ4n) is 0.944. The lowest BCUT2D eigenvalue weighted by Gasteiger charge is -2.21. The van der Waals surface area contributed by atoms with Crippen LogP contribution in [0.4, 0.5) is 0 Å². The number of rotatable bonds is 6. The van der Waals surface area contributed by atoms with Crippen LogP contribution in [-0.2, 0) is 4.79 Å². The fraction of sp³-hybridized carbons (Fsp3) is 0.800. The SMILES string of the molecule is CCCC/C=N\NC(=O)C[N+](C)(C)C. The zero-order valence-electron chi connectivity index (χ0n) is 9.71. The highest BCUT2D eigenvalue weighted by atomic mass is 16.2. The molecule has 0 saturated heterocycles. The molecule has 0 aromatic carbocycles. The predicted octanol–water partition coefficient (Wildman–Crippen LogP) is 0.985. The Labute approximate surface area is 86.6 Å². The quantitative estimate of drug-likeness (QED) is 0.295. The van der Waals surface area contributed by atoms with Gasteiger partial charge in [0.25, 0.3) is 5.91 Å². The molecule has 14 heavy (non-hydrogen) atoms. The largest absolute Gasteiger partial charge is 0.323 e. The molecule has 0 heterocycles. The molecule has 82 valence electrons. The smallest absolute Gasteiger partial charge is 0.295 e. The third-order valence-corrected chi connectivity index (χ3v) is 1.59. The molecule has 0 fully saturated rings.